The van der Waals surface area contributed by atoms with E-state index < -0.39 is 0 Å². The van der Waals surface area contributed by atoms with E-state index in [1.165, 1.54) is 0 Å². The van der Waals surface area contributed by atoms with Crippen molar-refractivity contribution >= 4 is 29.0 Å². The highest BCUT2D eigenvalue weighted by molar-refractivity contribution is 8.18. The molecule has 1 saturated heterocycles. The zero-order valence-corrected chi connectivity index (χ0v) is 17.2. The number of amides is 2. The van der Waals surface area contributed by atoms with E-state index in [-0.39, 0.29) is 11.1 Å². The Balaban J connectivity index is 1.55. The molecule has 0 aliphatic carbocycles. The van der Waals surface area contributed by atoms with Crippen molar-refractivity contribution in [1.29, 1.82) is 0 Å². The van der Waals surface area contributed by atoms with E-state index in [2.05, 4.69) is 23.5 Å². The van der Waals surface area contributed by atoms with Gasteiger partial charge in [0.25, 0.3) is 11.1 Å². The fourth-order valence-corrected chi connectivity index (χ4v) is 4.11. The molecule has 0 saturated carbocycles. The molecule has 150 valence electrons. The molecule has 4 aromatic rings. The smallest absolute Gasteiger partial charge is 0.282 e. The topological polar surface area (TPSA) is 64.0 Å². The zero-order valence-electron chi connectivity index (χ0n) is 16.4. The summed E-state index contributed by atoms with van der Waals surface area (Å²) in [7, 11) is 0. The van der Waals surface area contributed by atoms with Gasteiger partial charge in [-0.15, -0.1) is 0 Å². The summed E-state index contributed by atoms with van der Waals surface area (Å²) in [5, 5.41) is 6.80. The van der Waals surface area contributed by atoms with E-state index >= 15 is 0 Å². The lowest BCUT2D eigenvalue weighted by molar-refractivity contribution is -0.115. The Morgan fingerprint density at radius 3 is 2.06 bits per heavy atom. The van der Waals surface area contributed by atoms with Crippen LogP contribution in [0.1, 0.15) is 5.56 Å². The fourth-order valence-electron chi connectivity index (χ4n) is 3.43. The van der Waals surface area contributed by atoms with Crippen molar-refractivity contribution in [2.24, 2.45) is 0 Å². The maximum absolute atomic E-state index is 11.8. The number of nitrogens with one attached hydrogen (secondary N) is 1. The second kappa shape index (κ2) is 8.08. The third kappa shape index (κ3) is 3.93. The van der Waals surface area contributed by atoms with Crippen molar-refractivity contribution in [3.05, 3.63) is 101 Å². The minimum absolute atomic E-state index is 0.342. The van der Waals surface area contributed by atoms with Crippen molar-refractivity contribution in [2.45, 2.75) is 0 Å². The van der Waals surface area contributed by atoms with Crippen LogP contribution in [0.15, 0.2) is 95.9 Å². The summed E-state index contributed by atoms with van der Waals surface area (Å²) in [6, 6.07) is 30.1. The van der Waals surface area contributed by atoms with Gasteiger partial charge in [-0.1, -0.05) is 72.8 Å². The molecule has 0 atom stereocenters. The lowest BCUT2D eigenvalue weighted by Crippen LogP contribution is -2.17. The number of hydrogen-bond acceptors (Lipinski definition) is 4. The van der Waals surface area contributed by atoms with Gasteiger partial charge in [0, 0.05) is 11.1 Å². The van der Waals surface area contributed by atoms with Gasteiger partial charge in [0.1, 0.15) is 0 Å². The van der Waals surface area contributed by atoms with Crippen molar-refractivity contribution < 1.29 is 9.59 Å². The van der Waals surface area contributed by atoms with Gasteiger partial charge in [-0.3, -0.25) is 14.9 Å². The van der Waals surface area contributed by atoms with Gasteiger partial charge in [-0.2, -0.15) is 5.10 Å². The minimum atomic E-state index is -0.356. The van der Waals surface area contributed by atoms with Gasteiger partial charge in [-0.05, 0) is 41.6 Å². The Morgan fingerprint density at radius 1 is 0.806 bits per heavy atom. The number of hydrogen-bond donors (Lipinski definition) is 1. The summed E-state index contributed by atoms with van der Waals surface area (Å²) in [6.45, 7) is 0. The fraction of sp³-hybridized carbons (Fsp3) is 0. The van der Waals surface area contributed by atoms with E-state index in [4.69, 9.17) is 5.10 Å². The van der Waals surface area contributed by atoms with Crippen LogP contribution in [0.4, 0.5) is 4.79 Å². The molecule has 1 aliphatic heterocycles. The quantitative estimate of drug-likeness (QED) is 0.438. The molecule has 5 nitrogen and oxygen atoms in total. The molecule has 1 fully saturated rings. The standard InChI is InChI=1S/C25H17N3O2S/c29-24-23(31-25(30)26-24)15-17-11-13-20(14-12-17)28-22(19-9-5-2-6-10-19)16-21(27-28)18-7-3-1-4-8-18/h1-16H,(H,26,29,30). The second-order valence-corrected chi connectivity index (χ2v) is 8.02. The van der Waals surface area contributed by atoms with Crippen LogP contribution >= 0.6 is 11.8 Å². The molecular weight excluding hydrogens is 406 g/mol. The number of rotatable bonds is 4. The monoisotopic (exact) mass is 423 g/mol. The lowest BCUT2D eigenvalue weighted by atomic mass is 10.1. The maximum Gasteiger partial charge on any atom is 0.290 e. The molecule has 1 N–H and O–H groups in total. The van der Waals surface area contributed by atoms with Gasteiger partial charge in [0.2, 0.25) is 0 Å². The molecule has 0 bridgehead atoms. The van der Waals surface area contributed by atoms with Crippen LogP contribution in [0.2, 0.25) is 0 Å². The normalized spacial score (nSPS) is 14.8. The molecule has 6 heteroatoms. The first-order valence-electron chi connectivity index (χ1n) is 9.73. The molecule has 5 rings (SSSR count). The molecule has 31 heavy (non-hydrogen) atoms. The minimum Gasteiger partial charge on any atom is -0.282 e. The van der Waals surface area contributed by atoms with Gasteiger partial charge in [-0.25, -0.2) is 4.68 Å². The predicted molar refractivity (Wildman–Crippen MR) is 124 cm³/mol. The predicted octanol–water partition coefficient (Wildman–Crippen LogP) is 5.53. The highest BCUT2D eigenvalue weighted by atomic mass is 32.2. The molecular formula is C25H17N3O2S. The third-order valence-corrected chi connectivity index (χ3v) is 5.74. The first-order chi connectivity index (χ1) is 15.2. The van der Waals surface area contributed by atoms with Crippen LogP contribution in [-0.2, 0) is 4.79 Å². The van der Waals surface area contributed by atoms with Crippen molar-refractivity contribution in [2.75, 3.05) is 0 Å². The first-order valence-corrected chi connectivity index (χ1v) is 10.6. The average molecular weight is 423 g/mol. The summed E-state index contributed by atoms with van der Waals surface area (Å²) in [5.41, 5.74) is 5.75. The Morgan fingerprint density at radius 2 is 1.45 bits per heavy atom. The third-order valence-electron chi connectivity index (χ3n) is 4.93. The highest BCUT2D eigenvalue weighted by Gasteiger charge is 2.24. The first kappa shape index (κ1) is 19.1. The zero-order chi connectivity index (χ0) is 21.2. The largest absolute Gasteiger partial charge is 0.290 e. The Labute approximate surface area is 183 Å². The van der Waals surface area contributed by atoms with Gasteiger partial charge in [0.15, 0.2) is 0 Å². The molecule has 1 aliphatic rings. The summed E-state index contributed by atoms with van der Waals surface area (Å²) in [6.07, 6.45) is 1.71. The maximum atomic E-state index is 11.8. The summed E-state index contributed by atoms with van der Waals surface area (Å²) < 4.78 is 1.93. The number of imide groups is 1. The van der Waals surface area contributed by atoms with E-state index in [1.807, 2.05) is 77.5 Å². The van der Waals surface area contributed by atoms with Crippen LogP contribution in [0.3, 0.4) is 0 Å². The molecule has 2 amide bonds. The number of carbonyl (C=O) groups is 2. The summed E-state index contributed by atoms with van der Waals surface area (Å²) >= 11 is 0.914. The summed E-state index contributed by atoms with van der Waals surface area (Å²) in [4.78, 5) is 23.5. The van der Waals surface area contributed by atoms with Crippen LogP contribution in [0.25, 0.3) is 34.3 Å². The average Bonchev–Trinajstić information content (AvgIpc) is 3.39. The molecule has 1 aromatic heterocycles. The molecule has 3 aromatic carbocycles. The highest BCUT2D eigenvalue weighted by Crippen LogP contribution is 2.30. The Kier molecular flexibility index (Phi) is 4.98. The van der Waals surface area contributed by atoms with Gasteiger partial charge in [0.05, 0.1) is 22.0 Å². The molecule has 0 radical (unpaired) electrons. The van der Waals surface area contributed by atoms with Crippen molar-refractivity contribution in [3.63, 3.8) is 0 Å². The van der Waals surface area contributed by atoms with Crippen LogP contribution in [0.5, 0.6) is 0 Å². The van der Waals surface area contributed by atoms with E-state index in [0.29, 0.717) is 4.91 Å². The van der Waals surface area contributed by atoms with Gasteiger partial charge < -0.3 is 0 Å². The van der Waals surface area contributed by atoms with E-state index in [0.717, 1.165) is 45.5 Å². The number of thioether (sulfide) groups is 1. The van der Waals surface area contributed by atoms with Crippen LogP contribution in [0, 0.1) is 0 Å². The number of carbonyl (C=O) groups excluding carboxylic acids is 2. The van der Waals surface area contributed by atoms with Crippen molar-refractivity contribution in [3.8, 4) is 28.2 Å². The molecule has 0 spiro atoms. The van der Waals surface area contributed by atoms with E-state index in [1.54, 1.807) is 6.08 Å². The molecule has 2 heterocycles. The van der Waals surface area contributed by atoms with Gasteiger partial charge >= 0.3 is 0 Å². The van der Waals surface area contributed by atoms with Crippen LogP contribution < -0.4 is 5.32 Å². The Bertz CT molecular complexity index is 1290. The SMILES string of the molecule is O=C1NC(=O)C(=Cc2ccc(-n3nc(-c4ccccc4)cc3-c3ccccc3)cc2)S1. The second-order valence-electron chi connectivity index (χ2n) is 7.00. The summed E-state index contributed by atoms with van der Waals surface area (Å²) in [5.74, 6) is -0.356. The number of benzene rings is 3. The Hall–Kier alpha value is -3.90. The van der Waals surface area contributed by atoms with Crippen LogP contribution in [-0.4, -0.2) is 20.9 Å². The van der Waals surface area contributed by atoms with E-state index in [9.17, 15) is 9.59 Å². The van der Waals surface area contributed by atoms with Crippen molar-refractivity contribution in [1.82, 2.24) is 15.1 Å². The number of aromatic nitrogens is 2. The molecule has 0 unspecified atom stereocenters. The lowest BCUT2D eigenvalue weighted by Gasteiger charge is -2.08. The number of nitrogens with zero attached hydrogens (tertiary/aromatic N) is 2.